The minimum atomic E-state index is -2.92. The molecule has 0 N–H and O–H groups in total. The first-order valence-corrected chi connectivity index (χ1v) is 11.1. The van der Waals surface area contributed by atoms with E-state index < -0.39 is 20.6 Å². The lowest BCUT2D eigenvalue weighted by Crippen LogP contribution is -2.05. The third-order valence-electron chi connectivity index (χ3n) is 4.59. The maximum absolute atomic E-state index is 13.0. The Balaban J connectivity index is 1.86. The topological polar surface area (TPSA) is 103 Å². The highest BCUT2D eigenvalue weighted by Gasteiger charge is 2.13. The van der Waals surface area contributed by atoms with E-state index in [0.29, 0.717) is 16.0 Å². The van der Waals surface area contributed by atoms with Gasteiger partial charge in [-0.3, -0.25) is 19.9 Å². The number of carbonyl (C=O) groups is 1. The van der Waals surface area contributed by atoms with Crippen molar-refractivity contribution in [2.45, 2.75) is 18.7 Å². The first-order valence-electron chi connectivity index (χ1n) is 9.21. The average molecular weight is 433 g/mol. The fourth-order valence-corrected chi connectivity index (χ4v) is 3.89. The van der Waals surface area contributed by atoms with E-state index in [4.69, 9.17) is 0 Å². The molecule has 1 heterocycles. The number of nitrogens with zero attached hydrogens (tertiary/aromatic N) is 3. The third-order valence-corrected chi connectivity index (χ3v) is 6.23. The van der Waals surface area contributed by atoms with Crippen molar-refractivity contribution in [1.82, 2.24) is 4.98 Å². The molecule has 0 saturated heterocycles. The number of hydrogen-bond acceptors (Lipinski definition) is 5. The molecule has 0 aliphatic rings. The molecule has 31 heavy (non-hydrogen) atoms. The Labute approximate surface area is 180 Å². The molecule has 0 bridgehead atoms. The van der Waals surface area contributed by atoms with Crippen LogP contribution in [0.2, 0.25) is 0 Å². The van der Waals surface area contributed by atoms with Crippen molar-refractivity contribution >= 4 is 21.3 Å². The van der Waals surface area contributed by atoms with Crippen LogP contribution in [0.3, 0.4) is 0 Å². The fraction of sp³-hybridized carbons (Fsp3) is 0.130. The molecule has 0 radical (unpaired) electrons. The fourth-order valence-electron chi connectivity index (χ4n) is 2.65. The van der Waals surface area contributed by atoms with E-state index in [1.165, 1.54) is 36.8 Å². The van der Waals surface area contributed by atoms with E-state index in [2.05, 4.69) is 21.2 Å². The molecule has 8 heteroatoms. The highest BCUT2D eigenvalue weighted by atomic mass is 32.2. The molecular formula is C23H19N3O4S. The second kappa shape index (κ2) is 8.90. The van der Waals surface area contributed by atoms with Gasteiger partial charge in [0.25, 0.3) is 11.6 Å². The number of nitro groups is 1. The summed E-state index contributed by atoms with van der Waals surface area (Å²) in [5.74, 6) is 5.09. The number of rotatable bonds is 3. The Morgan fingerprint density at radius 2 is 1.68 bits per heavy atom. The number of aromatic nitrogens is 1. The summed E-state index contributed by atoms with van der Waals surface area (Å²) in [6.45, 7) is 3.86. The largest absolute Gasteiger partial charge is 0.286 e. The van der Waals surface area contributed by atoms with Gasteiger partial charge in [-0.05, 0) is 55.3 Å². The van der Waals surface area contributed by atoms with Gasteiger partial charge in [0.05, 0.1) is 20.2 Å². The average Bonchev–Trinajstić information content (AvgIpc) is 2.74. The predicted octanol–water partition coefficient (Wildman–Crippen LogP) is 4.30. The van der Waals surface area contributed by atoms with Gasteiger partial charge < -0.3 is 0 Å². The van der Waals surface area contributed by atoms with Gasteiger partial charge in [0, 0.05) is 46.8 Å². The number of aryl methyl sites for hydroxylation is 2. The number of non-ortho nitro benzene ring substituents is 1. The van der Waals surface area contributed by atoms with Crippen LogP contribution in [0.15, 0.2) is 70.2 Å². The van der Waals surface area contributed by atoms with E-state index >= 15 is 0 Å². The number of benzene rings is 2. The van der Waals surface area contributed by atoms with Gasteiger partial charge >= 0.3 is 0 Å². The predicted molar refractivity (Wildman–Crippen MR) is 118 cm³/mol. The summed E-state index contributed by atoms with van der Waals surface area (Å²) in [6, 6.07) is 12.7. The van der Waals surface area contributed by atoms with Crippen LogP contribution >= 0.6 is 0 Å². The molecule has 1 unspecified atom stereocenters. The van der Waals surface area contributed by atoms with Gasteiger partial charge in [-0.15, -0.1) is 0 Å². The first-order chi connectivity index (χ1) is 14.7. The smallest absolute Gasteiger partial charge is 0.266 e. The molecule has 7 nitrogen and oxygen atoms in total. The monoisotopic (exact) mass is 433 g/mol. The van der Waals surface area contributed by atoms with Gasteiger partial charge in [0.15, 0.2) is 0 Å². The van der Waals surface area contributed by atoms with Crippen molar-refractivity contribution < 1.29 is 13.9 Å². The second-order valence-corrected chi connectivity index (χ2v) is 9.22. The quantitative estimate of drug-likeness (QED) is 0.348. The molecule has 0 fully saturated rings. The van der Waals surface area contributed by atoms with Gasteiger partial charge in [-0.2, -0.15) is 4.36 Å². The minimum absolute atomic E-state index is 0.0200. The van der Waals surface area contributed by atoms with Crippen molar-refractivity contribution in [2.75, 3.05) is 6.26 Å². The number of nitro benzene ring substituents is 1. The summed E-state index contributed by atoms with van der Waals surface area (Å²) in [4.78, 5) is 27.4. The first kappa shape index (κ1) is 21.9. The Hall–Kier alpha value is -3.83. The maximum Gasteiger partial charge on any atom is 0.286 e. The van der Waals surface area contributed by atoms with Crippen molar-refractivity contribution in [3.63, 3.8) is 0 Å². The van der Waals surface area contributed by atoms with Gasteiger partial charge in [0.2, 0.25) is 0 Å². The minimum Gasteiger partial charge on any atom is -0.266 e. The second-order valence-electron chi connectivity index (χ2n) is 6.96. The van der Waals surface area contributed by atoms with E-state index in [9.17, 15) is 19.1 Å². The summed E-state index contributed by atoms with van der Waals surface area (Å²) < 4.78 is 17.0. The van der Waals surface area contributed by atoms with Gasteiger partial charge in [-0.1, -0.05) is 17.9 Å². The normalized spacial score (nSPS) is 12.2. The molecule has 0 saturated carbocycles. The number of carbonyl (C=O) groups excluding carboxylic acids is 1. The molecular weight excluding hydrogens is 414 g/mol. The SMILES string of the molecule is Cc1ccc(S(C)(=O)=NC(=O)c2cncc(C#Cc3ccc([N+](=O)[O-])cc3)c2)cc1C. The molecule has 3 rings (SSSR count). The summed E-state index contributed by atoms with van der Waals surface area (Å²) in [7, 11) is -2.92. The maximum atomic E-state index is 13.0. The Kier molecular flexibility index (Phi) is 6.28. The van der Waals surface area contributed by atoms with Crippen LogP contribution in [0, 0.1) is 35.8 Å². The summed E-state index contributed by atoms with van der Waals surface area (Å²) in [5, 5.41) is 10.7. The molecule has 1 atom stereocenters. The molecule has 0 aliphatic carbocycles. The summed E-state index contributed by atoms with van der Waals surface area (Å²) >= 11 is 0. The van der Waals surface area contributed by atoms with Crippen LogP contribution in [-0.2, 0) is 9.73 Å². The Morgan fingerprint density at radius 1 is 1.00 bits per heavy atom. The van der Waals surface area contributed by atoms with Crippen LogP contribution in [0.25, 0.3) is 0 Å². The molecule has 3 aromatic rings. The molecule has 156 valence electrons. The van der Waals surface area contributed by atoms with E-state index in [-0.39, 0.29) is 11.3 Å². The third kappa shape index (κ3) is 5.41. The van der Waals surface area contributed by atoms with Crippen LogP contribution < -0.4 is 0 Å². The van der Waals surface area contributed by atoms with Crippen LogP contribution in [0.4, 0.5) is 5.69 Å². The van der Waals surface area contributed by atoms with Crippen molar-refractivity contribution in [2.24, 2.45) is 4.36 Å². The lowest BCUT2D eigenvalue weighted by atomic mass is 10.1. The van der Waals surface area contributed by atoms with E-state index in [1.807, 2.05) is 19.9 Å². The van der Waals surface area contributed by atoms with Crippen molar-refractivity contribution in [1.29, 1.82) is 0 Å². The molecule has 1 aromatic heterocycles. The lowest BCUT2D eigenvalue weighted by molar-refractivity contribution is -0.384. The van der Waals surface area contributed by atoms with Crippen LogP contribution in [-0.4, -0.2) is 26.3 Å². The molecule has 1 amide bonds. The lowest BCUT2D eigenvalue weighted by Gasteiger charge is -2.07. The van der Waals surface area contributed by atoms with E-state index in [1.54, 1.807) is 24.3 Å². The number of hydrogen-bond donors (Lipinski definition) is 0. The number of pyridine rings is 1. The van der Waals surface area contributed by atoms with Crippen molar-refractivity contribution in [3.8, 4) is 11.8 Å². The number of amides is 1. The summed E-state index contributed by atoms with van der Waals surface area (Å²) in [5.41, 5.74) is 3.24. The zero-order valence-electron chi connectivity index (χ0n) is 17.2. The summed E-state index contributed by atoms with van der Waals surface area (Å²) in [6.07, 6.45) is 4.27. The molecule has 2 aromatic carbocycles. The van der Waals surface area contributed by atoms with Crippen molar-refractivity contribution in [3.05, 3.63) is 98.9 Å². The zero-order valence-corrected chi connectivity index (χ0v) is 18.0. The highest BCUT2D eigenvalue weighted by molar-refractivity contribution is 7.93. The van der Waals surface area contributed by atoms with Crippen LogP contribution in [0.5, 0.6) is 0 Å². The standard InChI is InChI=1S/C23H19N3O4S/c1-16-4-11-22(12-17(16)2)31(3,30)25-23(27)20-13-19(14-24-15-20)6-5-18-7-9-21(10-8-18)26(28)29/h4,7-15H,1-3H3. The molecule has 0 aliphatic heterocycles. The Bertz CT molecular complexity index is 1360. The van der Waals surface area contributed by atoms with E-state index in [0.717, 1.165) is 11.1 Å². The van der Waals surface area contributed by atoms with Gasteiger partial charge in [-0.25, -0.2) is 4.21 Å². The highest BCUT2D eigenvalue weighted by Crippen LogP contribution is 2.18. The molecule has 0 spiro atoms. The van der Waals surface area contributed by atoms with Crippen LogP contribution in [0.1, 0.15) is 32.6 Å². The zero-order chi connectivity index (χ0) is 22.6. The van der Waals surface area contributed by atoms with Gasteiger partial charge in [0.1, 0.15) is 0 Å². The Morgan fingerprint density at radius 3 is 2.32 bits per heavy atom.